The molecule has 1 saturated heterocycles. The maximum absolute atomic E-state index is 12.5. The van der Waals surface area contributed by atoms with Crippen molar-refractivity contribution in [1.29, 1.82) is 0 Å². The van der Waals surface area contributed by atoms with Crippen LogP contribution >= 0.6 is 11.3 Å². The molecule has 150 valence electrons. The second-order valence-corrected chi connectivity index (χ2v) is 8.57. The first-order chi connectivity index (χ1) is 13.6. The fraction of sp³-hybridized carbons (Fsp3) is 0.600. The summed E-state index contributed by atoms with van der Waals surface area (Å²) >= 11 is 1.40. The SMILES string of the molecule is CC(=O)c1cc(CC(=O)NC2CCc3nnc(C4CCOCC4)n3CC2)cs1. The molecule has 8 heteroatoms. The first-order valence-electron chi connectivity index (χ1n) is 9.97. The number of ketones is 1. The standard InChI is InChI=1S/C20H26N4O3S/c1-13(25)17-10-14(12-28-17)11-19(26)21-16-2-3-18-22-23-20(24(18)7-4-16)15-5-8-27-9-6-15/h10,12,15-16H,2-9,11H2,1H3,(H,21,26). The molecule has 1 N–H and O–H groups in total. The molecular weight excluding hydrogens is 376 g/mol. The summed E-state index contributed by atoms with van der Waals surface area (Å²) in [7, 11) is 0. The first-order valence-corrected chi connectivity index (χ1v) is 10.9. The lowest BCUT2D eigenvalue weighted by molar-refractivity contribution is -0.121. The molecule has 1 atom stereocenters. The maximum atomic E-state index is 12.5. The third-order valence-electron chi connectivity index (χ3n) is 5.59. The molecule has 4 heterocycles. The van der Waals surface area contributed by atoms with E-state index in [4.69, 9.17) is 4.74 Å². The lowest BCUT2D eigenvalue weighted by atomic mass is 9.99. The molecule has 1 unspecified atom stereocenters. The molecule has 2 aliphatic rings. The molecule has 0 bridgehead atoms. The van der Waals surface area contributed by atoms with Crippen LogP contribution in [-0.2, 0) is 28.9 Å². The number of aryl methyl sites for hydroxylation is 1. The number of Topliss-reactive ketones (excluding diaryl/α,β-unsaturated/α-hetero) is 1. The predicted molar refractivity (Wildman–Crippen MR) is 106 cm³/mol. The van der Waals surface area contributed by atoms with Gasteiger partial charge in [-0.25, -0.2) is 0 Å². The zero-order valence-corrected chi connectivity index (χ0v) is 17.0. The van der Waals surface area contributed by atoms with E-state index in [2.05, 4.69) is 20.1 Å². The first kappa shape index (κ1) is 19.3. The van der Waals surface area contributed by atoms with Crippen molar-refractivity contribution in [1.82, 2.24) is 20.1 Å². The minimum absolute atomic E-state index is 0.0141. The topological polar surface area (TPSA) is 86.1 Å². The second-order valence-electron chi connectivity index (χ2n) is 7.66. The Bertz CT molecular complexity index is 854. The highest BCUT2D eigenvalue weighted by Crippen LogP contribution is 2.28. The van der Waals surface area contributed by atoms with Crippen LogP contribution in [0.15, 0.2) is 11.4 Å². The lowest BCUT2D eigenvalue weighted by Gasteiger charge is -2.22. The Morgan fingerprint density at radius 3 is 2.82 bits per heavy atom. The van der Waals surface area contributed by atoms with E-state index in [1.165, 1.54) is 11.3 Å². The van der Waals surface area contributed by atoms with Crippen LogP contribution in [0.5, 0.6) is 0 Å². The van der Waals surface area contributed by atoms with Crippen LogP contribution in [0.25, 0.3) is 0 Å². The normalized spacial score (nSPS) is 20.4. The quantitative estimate of drug-likeness (QED) is 0.777. The monoisotopic (exact) mass is 402 g/mol. The summed E-state index contributed by atoms with van der Waals surface area (Å²) in [5, 5.41) is 13.9. The van der Waals surface area contributed by atoms with Crippen molar-refractivity contribution in [3.05, 3.63) is 33.5 Å². The zero-order valence-electron chi connectivity index (χ0n) is 16.1. The summed E-state index contributed by atoms with van der Waals surface area (Å²) in [4.78, 5) is 24.6. The number of thiophene rings is 1. The molecule has 28 heavy (non-hydrogen) atoms. The third-order valence-corrected chi connectivity index (χ3v) is 6.67. The van der Waals surface area contributed by atoms with Gasteiger partial charge in [-0.3, -0.25) is 9.59 Å². The molecule has 1 amide bonds. The van der Waals surface area contributed by atoms with E-state index in [1.54, 1.807) is 6.92 Å². The summed E-state index contributed by atoms with van der Waals surface area (Å²) < 4.78 is 7.73. The van der Waals surface area contributed by atoms with Crippen molar-refractivity contribution >= 4 is 23.0 Å². The minimum atomic E-state index is 0.0141. The molecule has 0 radical (unpaired) electrons. The summed E-state index contributed by atoms with van der Waals surface area (Å²) in [5.74, 6) is 2.60. The van der Waals surface area contributed by atoms with Crippen molar-refractivity contribution in [3.63, 3.8) is 0 Å². The highest BCUT2D eigenvalue weighted by atomic mass is 32.1. The van der Waals surface area contributed by atoms with Crippen LogP contribution in [0.4, 0.5) is 0 Å². The fourth-order valence-electron chi connectivity index (χ4n) is 4.03. The maximum Gasteiger partial charge on any atom is 0.224 e. The van der Waals surface area contributed by atoms with Crippen molar-refractivity contribution in [2.75, 3.05) is 13.2 Å². The van der Waals surface area contributed by atoms with Gasteiger partial charge in [0.1, 0.15) is 11.6 Å². The molecule has 1 fully saturated rings. The minimum Gasteiger partial charge on any atom is -0.381 e. The Balaban J connectivity index is 1.34. The van der Waals surface area contributed by atoms with E-state index >= 15 is 0 Å². The van der Waals surface area contributed by atoms with Gasteiger partial charge in [0, 0.05) is 38.1 Å². The molecule has 4 rings (SSSR count). The Kier molecular flexibility index (Phi) is 5.87. The highest BCUT2D eigenvalue weighted by Gasteiger charge is 2.26. The Morgan fingerprint density at radius 1 is 1.25 bits per heavy atom. The number of carbonyl (C=O) groups excluding carboxylic acids is 2. The molecule has 7 nitrogen and oxygen atoms in total. The van der Waals surface area contributed by atoms with Crippen molar-refractivity contribution in [2.45, 2.75) is 64.0 Å². The largest absolute Gasteiger partial charge is 0.381 e. The predicted octanol–water partition coefficient (Wildman–Crippen LogP) is 2.50. The van der Waals surface area contributed by atoms with Gasteiger partial charge in [-0.1, -0.05) is 0 Å². The lowest BCUT2D eigenvalue weighted by Crippen LogP contribution is -2.36. The Hall–Kier alpha value is -2.06. The number of hydrogen-bond acceptors (Lipinski definition) is 6. The molecule has 0 spiro atoms. The van der Waals surface area contributed by atoms with Gasteiger partial charge in [0.25, 0.3) is 0 Å². The zero-order chi connectivity index (χ0) is 19.5. The van der Waals surface area contributed by atoms with Crippen LogP contribution in [0.2, 0.25) is 0 Å². The molecule has 2 aliphatic heterocycles. The molecule has 2 aromatic heterocycles. The second kappa shape index (κ2) is 8.53. The number of fused-ring (bicyclic) bond motifs is 1. The average molecular weight is 403 g/mol. The van der Waals surface area contributed by atoms with Gasteiger partial charge < -0.3 is 14.6 Å². The Morgan fingerprint density at radius 2 is 2.07 bits per heavy atom. The van der Waals surface area contributed by atoms with Gasteiger partial charge in [-0.15, -0.1) is 21.5 Å². The smallest absolute Gasteiger partial charge is 0.224 e. The van der Waals surface area contributed by atoms with Crippen molar-refractivity contribution < 1.29 is 14.3 Å². The van der Waals surface area contributed by atoms with Gasteiger partial charge in [0.15, 0.2) is 5.78 Å². The van der Waals surface area contributed by atoms with E-state index in [1.807, 2.05) is 11.4 Å². The van der Waals surface area contributed by atoms with Gasteiger partial charge in [-0.2, -0.15) is 0 Å². The molecule has 2 aromatic rings. The van der Waals surface area contributed by atoms with Crippen LogP contribution in [0.1, 0.15) is 65.4 Å². The number of nitrogens with zero attached hydrogens (tertiary/aromatic N) is 3. The van der Waals surface area contributed by atoms with Crippen LogP contribution in [-0.4, -0.2) is 45.7 Å². The van der Waals surface area contributed by atoms with Crippen molar-refractivity contribution in [3.8, 4) is 0 Å². The van der Waals surface area contributed by atoms with Crippen LogP contribution < -0.4 is 5.32 Å². The summed E-state index contributed by atoms with van der Waals surface area (Å²) in [6.07, 6.45) is 4.91. The number of rotatable bonds is 5. The van der Waals surface area contributed by atoms with E-state index in [9.17, 15) is 9.59 Å². The number of nitrogens with one attached hydrogen (secondary N) is 1. The number of carbonyl (C=O) groups is 2. The van der Waals surface area contributed by atoms with Gasteiger partial charge in [0.2, 0.25) is 5.91 Å². The molecule has 0 aliphatic carbocycles. The third kappa shape index (κ3) is 4.33. The number of ether oxygens (including phenoxy) is 1. The molecular formula is C20H26N4O3S. The Labute approximate surface area is 168 Å². The van der Waals surface area contributed by atoms with Gasteiger partial charge in [-0.05, 0) is 49.6 Å². The molecule has 0 saturated carbocycles. The van der Waals surface area contributed by atoms with E-state index < -0.39 is 0 Å². The van der Waals surface area contributed by atoms with E-state index in [-0.39, 0.29) is 17.7 Å². The number of amides is 1. The van der Waals surface area contributed by atoms with Crippen LogP contribution in [0.3, 0.4) is 0 Å². The summed E-state index contributed by atoms with van der Waals surface area (Å²) in [6, 6.07) is 1.96. The highest BCUT2D eigenvalue weighted by molar-refractivity contribution is 7.12. The fourth-order valence-corrected chi connectivity index (χ4v) is 4.84. The van der Waals surface area contributed by atoms with Gasteiger partial charge in [0.05, 0.1) is 11.3 Å². The van der Waals surface area contributed by atoms with E-state index in [0.29, 0.717) is 17.2 Å². The van der Waals surface area contributed by atoms with Crippen LogP contribution in [0, 0.1) is 0 Å². The number of aromatic nitrogens is 3. The summed E-state index contributed by atoms with van der Waals surface area (Å²) in [5.41, 5.74) is 0.903. The van der Waals surface area contributed by atoms with Crippen molar-refractivity contribution in [2.24, 2.45) is 0 Å². The average Bonchev–Trinajstić information content (AvgIpc) is 3.27. The number of hydrogen-bond donors (Lipinski definition) is 1. The van der Waals surface area contributed by atoms with E-state index in [0.717, 1.165) is 69.1 Å². The summed E-state index contributed by atoms with van der Waals surface area (Å²) in [6.45, 7) is 3.97. The van der Waals surface area contributed by atoms with Gasteiger partial charge >= 0.3 is 0 Å². The molecule has 0 aromatic carbocycles.